The molecule has 0 radical (unpaired) electrons. The molecule has 112 valence electrons. The molecule has 0 aromatic heterocycles. The molecular formula is C19H26N2. The van der Waals surface area contributed by atoms with Crippen LogP contribution in [0.2, 0.25) is 0 Å². The molecular weight excluding hydrogens is 256 g/mol. The first kappa shape index (κ1) is 15.7. The summed E-state index contributed by atoms with van der Waals surface area (Å²) in [7, 11) is 2.14. The van der Waals surface area contributed by atoms with E-state index in [1.54, 1.807) is 0 Å². The molecule has 2 heteroatoms. The van der Waals surface area contributed by atoms with Crippen LogP contribution >= 0.6 is 0 Å². The third-order valence-electron chi connectivity index (χ3n) is 3.73. The number of rotatable bonds is 7. The Morgan fingerprint density at radius 2 is 1.71 bits per heavy atom. The van der Waals surface area contributed by atoms with E-state index in [1.165, 1.54) is 16.7 Å². The van der Waals surface area contributed by atoms with E-state index in [0.29, 0.717) is 0 Å². The van der Waals surface area contributed by atoms with Crippen LogP contribution in [0, 0.1) is 6.92 Å². The smallest absolute Gasteiger partial charge is 0.0231 e. The molecule has 0 aliphatic heterocycles. The normalized spacial score (nSPS) is 12.6. The Balaban J connectivity index is 1.75. The molecule has 2 aromatic rings. The van der Waals surface area contributed by atoms with Crippen LogP contribution in [0.1, 0.15) is 23.1 Å². The van der Waals surface area contributed by atoms with Crippen molar-refractivity contribution in [2.45, 2.75) is 32.4 Å². The predicted octanol–water partition coefficient (Wildman–Crippen LogP) is 3.39. The van der Waals surface area contributed by atoms with Crippen molar-refractivity contribution in [1.29, 1.82) is 0 Å². The summed E-state index contributed by atoms with van der Waals surface area (Å²) in [5, 5.41) is 0. The Hall–Kier alpha value is -1.64. The van der Waals surface area contributed by atoms with Gasteiger partial charge in [-0.3, -0.25) is 0 Å². The maximum absolute atomic E-state index is 6.26. The Morgan fingerprint density at radius 1 is 1.00 bits per heavy atom. The largest absolute Gasteiger partial charge is 0.327 e. The van der Waals surface area contributed by atoms with Crippen molar-refractivity contribution in [3.05, 3.63) is 71.3 Å². The van der Waals surface area contributed by atoms with Gasteiger partial charge in [-0.1, -0.05) is 60.2 Å². The number of aryl methyl sites for hydroxylation is 2. The molecule has 0 heterocycles. The van der Waals surface area contributed by atoms with Gasteiger partial charge in [0.2, 0.25) is 0 Å². The highest BCUT2D eigenvalue weighted by Gasteiger charge is 2.08. The van der Waals surface area contributed by atoms with Gasteiger partial charge in [0, 0.05) is 19.1 Å². The minimum absolute atomic E-state index is 0.222. The zero-order valence-corrected chi connectivity index (χ0v) is 13.1. The molecule has 21 heavy (non-hydrogen) atoms. The van der Waals surface area contributed by atoms with Crippen molar-refractivity contribution in [3.8, 4) is 0 Å². The Morgan fingerprint density at radius 3 is 2.43 bits per heavy atom. The summed E-state index contributed by atoms with van der Waals surface area (Å²) in [5.41, 5.74) is 10.3. The van der Waals surface area contributed by atoms with Crippen molar-refractivity contribution in [2.24, 2.45) is 5.73 Å². The molecule has 0 spiro atoms. The van der Waals surface area contributed by atoms with Gasteiger partial charge in [0.15, 0.2) is 0 Å². The van der Waals surface area contributed by atoms with Gasteiger partial charge in [-0.25, -0.2) is 0 Å². The highest BCUT2D eigenvalue weighted by Crippen LogP contribution is 2.08. The molecule has 0 bridgehead atoms. The molecule has 0 saturated carbocycles. The SMILES string of the molecule is Cc1cccc(CN(C)CC(N)CCc2ccccc2)c1. The van der Waals surface area contributed by atoms with Gasteiger partial charge >= 0.3 is 0 Å². The number of hydrogen-bond donors (Lipinski definition) is 1. The molecule has 1 atom stereocenters. The van der Waals surface area contributed by atoms with Gasteiger partial charge in [0.05, 0.1) is 0 Å². The summed E-state index contributed by atoms with van der Waals surface area (Å²) in [5.74, 6) is 0. The van der Waals surface area contributed by atoms with E-state index in [-0.39, 0.29) is 6.04 Å². The topological polar surface area (TPSA) is 29.3 Å². The second-order valence-corrected chi connectivity index (χ2v) is 5.97. The number of nitrogens with zero attached hydrogens (tertiary/aromatic N) is 1. The number of hydrogen-bond acceptors (Lipinski definition) is 2. The lowest BCUT2D eigenvalue weighted by atomic mass is 10.1. The van der Waals surface area contributed by atoms with Crippen LogP contribution in [0.25, 0.3) is 0 Å². The van der Waals surface area contributed by atoms with E-state index in [0.717, 1.165) is 25.9 Å². The van der Waals surface area contributed by atoms with Gasteiger partial charge in [-0.15, -0.1) is 0 Å². The van der Waals surface area contributed by atoms with Crippen LogP contribution in [-0.4, -0.2) is 24.5 Å². The lowest BCUT2D eigenvalue weighted by molar-refractivity contribution is 0.297. The highest BCUT2D eigenvalue weighted by atomic mass is 15.1. The van der Waals surface area contributed by atoms with Crippen molar-refractivity contribution < 1.29 is 0 Å². The van der Waals surface area contributed by atoms with Crippen LogP contribution in [0.5, 0.6) is 0 Å². The second kappa shape index (κ2) is 7.96. The summed E-state index contributed by atoms with van der Waals surface area (Å²) < 4.78 is 0. The first-order chi connectivity index (χ1) is 10.1. The van der Waals surface area contributed by atoms with Crippen molar-refractivity contribution in [3.63, 3.8) is 0 Å². The van der Waals surface area contributed by atoms with Crippen LogP contribution < -0.4 is 5.73 Å². The Bertz CT molecular complexity index is 536. The van der Waals surface area contributed by atoms with E-state index < -0.39 is 0 Å². The van der Waals surface area contributed by atoms with E-state index >= 15 is 0 Å². The molecule has 0 amide bonds. The van der Waals surface area contributed by atoms with E-state index in [1.807, 2.05) is 0 Å². The molecule has 0 aliphatic rings. The standard InChI is InChI=1S/C19H26N2/c1-16-7-6-10-18(13-16)14-21(2)15-19(20)12-11-17-8-4-3-5-9-17/h3-10,13,19H,11-12,14-15,20H2,1-2H3. The summed E-state index contributed by atoms with van der Waals surface area (Å²) in [6.45, 7) is 4.02. The summed E-state index contributed by atoms with van der Waals surface area (Å²) in [6, 6.07) is 19.5. The molecule has 1 unspecified atom stereocenters. The van der Waals surface area contributed by atoms with Gasteiger partial charge in [0.25, 0.3) is 0 Å². The van der Waals surface area contributed by atoms with Crippen LogP contribution in [0.3, 0.4) is 0 Å². The quantitative estimate of drug-likeness (QED) is 0.843. The zero-order chi connectivity index (χ0) is 15.1. The van der Waals surface area contributed by atoms with Gasteiger partial charge in [-0.2, -0.15) is 0 Å². The van der Waals surface area contributed by atoms with Crippen LogP contribution in [0.15, 0.2) is 54.6 Å². The van der Waals surface area contributed by atoms with Gasteiger partial charge in [-0.05, 0) is 37.9 Å². The number of likely N-dealkylation sites (N-methyl/N-ethyl adjacent to an activating group) is 1. The summed E-state index contributed by atoms with van der Waals surface area (Å²) in [6.07, 6.45) is 2.09. The van der Waals surface area contributed by atoms with Crippen LogP contribution in [0.4, 0.5) is 0 Å². The molecule has 2 rings (SSSR count). The first-order valence-corrected chi connectivity index (χ1v) is 7.67. The Kier molecular flexibility index (Phi) is 5.97. The fourth-order valence-electron chi connectivity index (χ4n) is 2.68. The van der Waals surface area contributed by atoms with Crippen LogP contribution in [-0.2, 0) is 13.0 Å². The predicted molar refractivity (Wildman–Crippen MR) is 90.3 cm³/mol. The van der Waals surface area contributed by atoms with E-state index in [2.05, 4.69) is 73.5 Å². The number of benzene rings is 2. The molecule has 2 aromatic carbocycles. The summed E-state index contributed by atoms with van der Waals surface area (Å²) >= 11 is 0. The maximum Gasteiger partial charge on any atom is 0.0231 e. The molecule has 0 saturated heterocycles. The Labute approximate surface area is 128 Å². The fourth-order valence-corrected chi connectivity index (χ4v) is 2.68. The summed E-state index contributed by atoms with van der Waals surface area (Å²) in [4.78, 5) is 2.31. The molecule has 0 aliphatic carbocycles. The van der Waals surface area contributed by atoms with Crippen molar-refractivity contribution >= 4 is 0 Å². The third-order valence-corrected chi connectivity index (χ3v) is 3.73. The monoisotopic (exact) mass is 282 g/mol. The average molecular weight is 282 g/mol. The van der Waals surface area contributed by atoms with E-state index in [4.69, 9.17) is 5.73 Å². The lowest BCUT2D eigenvalue weighted by Gasteiger charge is -2.21. The molecule has 0 fully saturated rings. The second-order valence-electron chi connectivity index (χ2n) is 5.97. The minimum Gasteiger partial charge on any atom is -0.327 e. The molecule has 2 N–H and O–H groups in total. The fraction of sp³-hybridized carbons (Fsp3) is 0.368. The molecule has 2 nitrogen and oxygen atoms in total. The lowest BCUT2D eigenvalue weighted by Crippen LogP contribution is -2.35. The first-order valence-electron chi connectivity index (χ1n) is 7.67. The highest BCUT2D eigenvalue weighted by molar-refractivity contribution is 5.22. The zero-order valence-electron chi connectivity index (χ0n) is 13.1. The maximum atomic E-state index is 6.26. The van der Waals surface area contributed by atoms with Gasteiger partial charge in [0.1, 0.15) is 0 Å². The van der Waals surface area contributed by atoms with Gasteiger partial charge < -0.3 is 10.6 Å². The number of nitrogens with two attached hydrogens (primary N) is 1. The van der Waals surface area contributed by atoms with Crippen molar-refractivity contribution in [2.75, 3.05) is 13.6 Å². The third kappa shape index (κ3) is 5.70. The van der Waals surface area contributed by atoms with E-state index in [9.17, 15) is 0 Å². The van der Waals surface area contributed by atoms with Crippen molar-refractivity contribution in [1.82, 2.24) is 4.90 Å². The minimum atomic E-state index is 0.222. The average Bonchev–Trinajstić information content (AvgIpc) is 2.46.